The highest BCUT2D eigenvalue weighted by atomic mass is 16.5. The van der Waals surface area contributed by atoms with Crippen molar-refractivity contribution in [1.82, 2.24) is 25.0 Å². The molecular formula is C33H39N7O5. The Bertz CT molecular complexity index is 1620. The number of nitrogens with one attached hydrogen (secondary N) is 3. The van der Waals surface area contributed by atoms with E-state index in [9.17, 15) is 19.5 Å². The number of nitrogens with zero attached hydrogens (tertiary/aromatic N) is 4. The van der Waals surface area contributed by atoms with Crippen LogP contribution in [0.5, 0.6) is 11.5 Å². The fourth-order valence-corrected chi connectivity index (χ4v) is 4.21. The topological polar surface area (TPSA) is 151 Å². The van der Waals surface area contributed by atoms with E-state index in [1.165, 1.54) is 0 Å². The summed E-state index contributed by atoms with van der Waals surface area (Å²) in [4.78, 5) is 42.1. The summed E-state index contributed by atoms with van der Waals surface area (Å²) in [5.41, 5.74) is 1.91. The smallest absolute Gasteiger partial charge is 0.408 e. The number of benzene rings is 2. The summed E-state index contributed by atoms with van der Waals surface area (Å²) in [6.45, 7) is 11.3. The average molecular weight is 614 g/mol. The van der Waals surface area contributed by atoms with Crippen LogP contribution in [0.4, 0.5) is 21.1 Å². The highest BCUT2D eigenvalue weighted by Gasteiger charge is 2.28. The number of anilines is 2. The quantitative estimate of drug-likeness (QED) is 0.171. The Morgan fingerprint density at radius 2 is 1.49 bits per heavy atom. The summed E-state index contributed by atoms with van der Waals surface area (Å²) >= 11 is 0. The molecule has 0 fully saturated rings. The molecule has 0 aliphatic carbocycles. The molecule has 2 aromatic carbocycles. The van der Waals surface area contributed by atoms with Gasteiger partial charge in [0.25, 0.3) is 0 Å². The first-order valence-corrected chi connectivity index (χ1v) is 14.4. The molecule has 45 heavy (non-hydrogen) atoms. The van der Waals surface area contributed by atoms with E-state index in [-0.39, 0.29) is 18.5 Å². The number of hydrogen-bond donors (Lipinski definition) is 4. The second-order valence-electron chi connectivity index (χ2n) is 12.4. The maximum atomic E-state index is 13.0. The van der Waals surface area contributed by atoms with Gasteiger partial charge in [0.1, 0.15) is 23.9 Å². The third-order valence-corrected chi connectivity index (χ3v) is 6.73. The van der Waals surface area contributed by atoms with Crippen molar-refractivity contribution in [3.05, 3.63) is 90.4 Å². The molecule has 4 rings (SSSR count). The van der Waals surface area contributed by atoms with Crippen LogP contribution in [0.2, 0.25) is 0 Å². The molecule has 4 N–H and O–H groups in total. The molecule has 4 aromatic rings. The fraction of sp³-hybridized carbons (Fsp3) is 0.303. The maximum absolute atomic E-state index is 13.0. The van der Waals surface area contributed by atoms with Gasteiger partial charge in [-0.05, 0) is 74.9 Å². The zero-order chi connectivity index (χ0) is 32.8. The summed E-state index contributed by atoms with van der Waals surface area (Å²) in [5.74, 6) is 1.36. The molecule has 0 atom stereocenters. The highest BCUT2D eigenvalue weighted by molar-refractivity contribution is 5.99. The van der Waals surface area contributed by atoms with Crippen LogP contribution in [0, 0.1) is 0 Å². The van der Waals surface area contributed by atoms with E-state index in [1.54, 1.807) is 74.2 Å². The number of carbonyl (C=O) groups excluding carboxylic acids is 2. The highest BCUT2D eigenvalue weighted by Crippen LogP contribution is 2.27. The lowest BCUT2D eigenvalue weighted by atomic mass is 9.92. The maximum Gasteiger partial charge on any atom is 0.408 e. The van der Waals surface area contributed by atoms with E-state index < -0.39 is 23.6 Å². The van der Waals surface area contributed by atoms with Gasteiger partial charge in [0.05, 0.1) is 11.4 Å². The van der Waals surface area contributed by atoms with Crippen LogP contribution in [0.3, 0.4) is 0 Å². The van der Waals surface area contributed by atoms with Crippen LogP contribution in [0.15, 0.2) is 79.1 Å². The van der Waals surface area contributed by atoms with Crippen LogP contribution >= 0.6 is 0 Å². The lowest BCUT2D eigenvalue weighted by Crippen LogP contribution is -2.49. The minimum absolute atomic E-state index is 0.225. The second kappa shape index (κ2) is 13.5. The molecule has 236 valence electrons. The lowest BCUT2D eigenvalue weighted by Gasteiger charge is -2.32. The molecule has 0 aliphatic heterocycles. The number of rotatable bonds is 9. The van der Waals surface area contributed by atoms with Gasteiger partial charge in [0, 0.05) is 41.6 Å². The number of carbonyl (C=O) groups is 3. The van der Waals surface area contributed by atoms with Crippen molar-refractivity contribution in [3.63, 3.8) is 0 Å². The van der Waals surface area contributed by atoms with E-state index in [2.05, 4.69) is 20.9 Å². The summed E-state index contributed by atoms with van der Waals surface area (Å²) in [7, 11) is 0. The zero-order valence-electron chi connectivity index (χ0n) is 26.3. The predicted octanol–water partition coefficient (Wildman–Crippen LogP) is 6.40. The Labute approximate surface area is 262 Å². The molecule has 0 saturated carbocycles. The molecular weight excluding hydrogens is 574 g/mol. The van der Waals surface area contributed by atoms with Gasteiger partial charge >= 0.3 is 12.1 Å². The number of pyridine rings is 1. The van der Waals surface area contributed by atoms with Crippen molar-refractivity contribution in [1.29, 1.82) is 0 Å². The van der Waals surface area contributed by atoms with Crippen molar-refractivity contribution in [3.8, 4) is 17.2 Å². The number of aromatic nitrogens is 3. The molecule has 12 nitrogen and oxygen atoms in total. The molecule has 0 unspecified atom stereocenters. The third kappa shape index (κ3) is 9.05. The van der Waals surface area contributed by atoms with Crippen molar-refractivity contribution >= 4 is 29.5 Å². The normalized spacial score (nSPS) is 11.4. The molecule has 2 aromatic heterocycles. The van der Waals surface area contributed by atoms with E-state index >= 15 is 0 Å². The van der Waals surface area contributed by atoms with Crippen LogP contribution in [0.25, 0.3) is 5.69 Å². The summed E-state index contributed by atoms with van der Waals surface area (Å²) < 4.78 is 7.44. The zero-order valence-corrected chi connectivity index (χ0v) is 26.3. The standard InChI is InChI=1S/C33H39N7O5/c1-32(2,3)27-19-28(37-30(42)36-23-9-13-25(14-10-23)45-26-15-17-34-18-16-26)40(38-27)24-11-7-22(8-12-24)20-35-29(41)21-39(31(43)44)33(4,5)6/h7-19H,20-21H2,1-6H3,(H,35,41)(H,43,44)(H2,36,37,42). The summed E-state index contributed by atoms with van der Waals surface area (Å²) in [6, 6.07) is 19.3. The van der Waals surface area contributed by atoms with Crippen LogP contribution in [-0.4, -0.2) is 54.9 Å². The summed E-state index contributed by atoms with van der Waals surface area (Å²) in [6.07, 6.45) is 2.14. The second-order valence-corrected chi connectivity index (χ2v) is 12.4. The molecule has 0 radical (unpaired) electrons. The first-order valence-electron chi connectivity index (χ1n) is 14.4. The molecule has 0 saturated heterocycles. The van der Waals surface area contributed by atoms with Crippen molar-refractivity contribution in [2.75, 3.05) is 17.2 Å². The monoisotopic (exact) mass is 613 g/mol. The average Bonchev–Trinajstić information content (AvgIpc) is 3.40. The third-order valence-electron chi connectivity index (χ3n) is 6.73. The van der Waals surface area contributed by atoms with Gasteiger partial charge in [0.15, 0.2) is 0 Å². The molecule has 12 heteroatoms. The number of carboxylic acid groups (broad SMARTS) is 1. The SMILES string of the molecule is CC(C)(C)c1cc(NC(=O)Nc2ccc(Oc3ccncc3)cc2)n(-c2ccc(CNC(=O)CN(C(=O)O)C(C)(C)C)cc2)n1. The molecule has 4 amide bonds. The first kappa shape index (κ1) is 32.5. The number of hydrogen-bond acceptors (Lipinski definition) is 6. The van der Waals surface area contributed by atoms with Gasteiger partial charge in [-0.1, -0.05) is 32.9 Å². The molecule has 0 aliphatic rings. The molecule has 0 spiro atoms. The van der Waals surface area contributed by atoms with E-state index in [0.717, 1.165) is 16.2 Å². The van der Waals surface area contributed by atoms with E-state index in [4.69, 9.17) is 9.84 Å². The number of amides is 4. The van der Waals surface area contributed by atoms with Crippen molar-refractivity contribution in [2.45, 2.75) is 59.0 Å². The Balaban J connectivity index is 1.42. The van der Waals surface area contributed by atoms with E-state index in [0.29, 0.717) is 28.7 Å². The minimum Gasteiger partial charge on any atom is -0.465 e. The van der Waals surface area contributed by atoms with Crippen LogP contribution in [-0.2, 0) is 16.8 Å². The Morgan fingerprint density at radius 1 is 0.867 bits per heavy atom. The summed E-state index contributed by atoms with van der Waals surface area (Å²) in [5, 5.41) is 22.7. The Morgan fingerprint density at radius 3 is 2.07 bits per heavy atom. The van der Waals surface area contributed by atoms with Gasteiger partial charge in [-0.25, -0.2) is 14.3 Å². The van der Waals surface area contributed by atoms with Gasteiger partial charge in [-0.15, -0.1) is 0 Å². The first-order chi connectivity index (χ1) is 21.2. The van der Waals surface area contributed by atoms with Crippen LogP contribution in [0.1, 0.15) is 52.8 Å². The van der Waals surface area contributed by atoms with Crippen molar-refractivity contribution < 1.29 is 24.2 Å². The number of ether oxygens (including phenoxy) is 1. The minimum atomic E-state index is -1.15. The largest absolute Gasteiger partial charge is 0.465 e. The Hall–Kier alpha value is -5.39. The van der Waals surface area contributed by atoms with Gasteiger partial charge in [-0.2, -0.15) is 5.10 Å². The Kier molecular flexibility index (Phi) is 9.75. The lowest BCUT2D eigenvalue weighted by molar-refractivity contribution is -0.123. The van der Waals surface area contributed by atoms with Crippen molar-refractivity contribution in [2.24, 2.45) is 0 Å². The fourth-order valence-electron chi connectivity index (χ4n) is 4.21. The molecule has 0 bridgehead atoms. The van der Waals surface area contributed by atoms with Gasteiger partial charge < -0.3 is 20.5 Å². The van der Waals surface area contributed by atoms with E-state index in [1.807, 2.05) is 51.1 Å². The predicted molar refractivity (Wildman–Crippen MR) is 172 cm³/mol. The van der Waals surface area contributed by atoms with Crippen LogP contribution < -0.4 is 20.7 Å². The van der Waals surface area contributed by atoms with Gasteiger partial charge in [0.2, 0.25) is 5.91 Å². The van der Waals surface area contributed by atoms with Gasteiger partial charge in [-0.3, -0.25) is 20.0 Å². The number of urea groups is 1. The molecule has 2 heterocycles.